The van der Waals surface area contributed by atoms with Gasteiger partial charge in [0.25, 0.3) is 11.6 Å². The number of nitro groups is 1. The van der Waals surface area contributed by atoms with Gasteiger partial charge in [-0.1, -0.05) is 12.1 Å². The average Bonchev–Trinajstić information content (AvgIpc) is 3.22. The number of aromatic nitrogens is 2. The molecule has 0 saturated heterocycles. The van der Waals surface area contributed by atoms with Gasteiger partial charge in [0.1, 0.15) is 11.4 Å². The number of nitrogens with one attached hydrogen (secondary N) is 2. The molecular weight excluding hydrogens is 374 g/mol. The Bertz CT molecular complexity index is 1060. The average molecular weight is 393 g/mol. The van der Waals surface area contributed by atoms with Gasteiger partial charge in [-0.2, -0.15) is 10.2 Å². The largest absolute Gasteiger partial charge is 0.493 e. The van der Waals surface area contributed by atoms with E-state index < -0.39 is 10.8 Å². The maximum absolute atomic E-state index is 12.4. The quantitative estimate of drug-likeness (QED) is 0.361. The molecule has 0 atom stereocenters. The van der Waals surface area contributed by atoms with Crippen molar-refractivity contribution in [3.63, 3.8) is 0 Å². The second-order valence-corrected chi connectivity index (χ2v) is 6.04. The number of aromatic amines is 1. The van der Waals surface area contributed by atoms with E-state index in [0.717, 1.165) is 5.56 Å². The van der Waals surface area contributed by atoms with Crippen LogP contribution in [0.25, 0.3) is 11.3 Å². The number of hydrazone groups is 1. The molecule has 29 heavy (non-hydrogen) atoms. The van der Waals surface area contributed by atoms with E-state index in [1.165, 1.54) is 12.1 Å². The van der Waals surface area contributed by atoms with Crippen molar-refractivity contribution in [1.82, 2.24) is 15.6 Å². The summed E-state index contributed by atoms with van der Waals surface area (Å²) in [5, 5.41) is 21.6. The van der Waals surface area contributed by atoms with E-state index in [-0.39, 0.29) is 11.4 Å². The maximum atomic E-state index is 12.4. The Hall–Kier alpha value is -4.01. The highest BCUT2D eigenvalue weighted by Crippen LogP contribution is 2.28. The Labute approximate surface area is 166 Å². The minimum absolute atomic E-state index is 0.0112. The standard InChI is InChI=1S/C20H19N5O4/c1-3-29-19-7-5-4-6-16(19)17-12-18(23-22-17)20(26)24-21-13(2)14-8-10-15(11-9-14)25(27)28/h4-12H,3H2,1-2H3,(H,22,23)(H,24,26)/b21-13-. The fourth-order valence-corrected chi connectivity index (χ4v) is 2.62. The Morgan fingerprint density at radius 3 is 2.66 bits per heavy atom. The van der Waals surface area contributed by atoms with Gasteiger partial charge in [0.05, 0.1) is 22.9 Å². The Balaban J connectivity index is 1.72. The molecule has 0 spiro atoms. The number of nitro benzene ring substituents is 1. The summed E-state index contributed by atoms with van der Waals surface area (Å²) in [5.74, 6) is 0.222. The number of carbonyl (C=O) groups excluding carboxylic acids is 1. The molecule has 1 aromatic heterocycles. The topological polar surface area (TPSA) is 123 Å². The Morgan fingerprint density at radius 1 is 1.24 bits per heavy atom. The number of ether oxygens (including phenoxy) is 1. The molecule has 1 heterocycles. The SMILES string of the molecule is CCOc1ccccc1-c1cc(C(=O)N/N=C(/C)c2ccc([N+](=O)[O-])cc2)[nH]n1. The number of amides is 1. The highest BCUT2D eigenvalue weighted by molar-refractivity contribution is 6.00. The van der Waals surface area contributed by atoms with E-state index in [9.17, 15) is 14.9 Å². The third-order valence-corrected chi connectivity index (χ3v) is 4.11. The predicted molar refractivity (Wildman–Crippen MR) is 108 cm³/mol. The molecule has 3 rings (SSSR count). The molecule has 1 amide bonds. The summed E-state index contributed by atoms with van der Waals surface area (Å²) < 4.78 is 5.59. The number of hydrogen-bond acceptors (Lipinski definition) is 6. The van der Waals surface area contributed by atoms with E-state index in [0.29, 0.717) is 29.3 Å². The van der Waals surface area contributed by atoms with Crippen LogP contribution in [-0.4, -0.2) is 33.3 Å². The molecule has 0 aliphatic carbocycles. The molecule has 0 saturated carbocycles. The summed E-state index contributed by atoms with van der Waals surface area (Å²) in [6, 6.07) is 15.0. The third kappa shape index (κ3) is 4.64. The van der Waals surface area contributed by atoms with Crippen LogP contribution in [0.1, 0.15) is 29.9 Å². The van der Waals surface area contributed by atoms with Crippen LogP contribution in [0.2, 0.25) is 0 Å². The number of nitrogens with zero attached hydrogens (tertiary/aromatic N) is 3. The Morgan fingerprint density at radius 2 is 1.97 bits per heavy atom. The Kier molecular flexibility index (Phi) is 5.98. The first-order valence-corrected chi connectivity index (χ1v) is 8.86. The van der Waals surface area contributed by atoms with Gasteiger partial charge in [-0.25, -0.2) is 5.43 Å². The molecule has 9 nitrogen and oxygen atoms in total. The normalized spacial score (nSPS) is 11.2. The molecule has 0 fully saturated rings. The maximum Gasteiger partial charge on any atom is 0.289 e. The number of para-hydroxylation sites is 1. The van der Waals surface area contributed by atoms with Gasteiger partial charge < -0.3 is 4.74 Å². The highest BCUT2D eigenvalue weighted by Gasteiger charge is 2.14. The van der Waals surface area contributed by atoms with Crippen LogP contribution in [-0.2, 0) is 0 Å². The zero-order valence-corrected chi connectivity index (χ0v) is 15.9. The van der Waals surface area contributed by atoms with E-state index in [1.54, 1.807) is 25.1 Å². The van der Waals surface area contributed by atoms with Gasteiger partial charge >= 0.3 is 0 Å². The van der Waals surface area contributed by atoms with Crippen molar-refractivity contribution in [2.45, 2.75) is 13.8 Å². The summed E-state index contributed by atoms with van der Waals surface area (Å²) in [5.41, 5.74) is 5.20. The lowest BCUT2D eigenvalue weighted by atomic mass is 10.1. The molecule has 2 N–H and O–H groups in total. The number of carbonyl (C=O) groups is 1. The van der Waals surface area contributed by atoms with Crippen molar-refractivity contribution in [3.05, 3.63) is 76.0 Å². The van der Waals surface area contributed by atoms with Crippen LogP contribution in [0.3, 0.4) is 0 Å². The number of hydrogen-bond donors (Lipinski definition) is 2. The molecule has 0 radical (unpaired) electrons. The molecule has 0 unspecified atom stereocenters. The van der Waals surface area contributed by atoms with Crippen LogP contribution in [0.15, 0.2) is 59.7 Å². The molecule has 148 valence electrons. The van der Waals surface area contributed by atoms with Gasteiger partial charge in [0.2, 0.25) is 0 Å². The third-order valence-electron chi connectivity index (χ3n) is 4.11. The molecular formula is C20H19N5O4. The zero-order chi connectivity index (χ0) is 20.8. The van der Waals surface area contributed by atoms with Crippen LogP contribution in [0.5, 0.6) is 5.75 Å². The molecule has 0 aliphatic rings. The van der Waals surface area contributed by atoms with Gasteiger partial charge in [-0.15, -0.1) is 0 Å². The monoisotopic (exact) mass is 393 g/mol. The summed E-state index contributed by atoms with van der Waals surface area (Å²) in [6.07, 6.45) is 0. The second kappa shape index (κ2) is 8.79. The van der Waals surface area contributed by atoms with Crippen molar-refractivity contribution in [2.75, 3.05) is 6.61 Å². The van der Waals surface area contributed by atoms with Gasteiger partial charge in [0, 0.05) is 17.7 Å². The smallest absolute Gasteiger partial charge is 0.289 e. The lowest BCUT2D eigenvalue weighted by Crippen LogP contribution is -2.19. The van der Waals surface area contributed by atoms with Crippen molar-refractivity contribution in [1.29, 1.82) is 0 Å². The molecule has 3 aromatic rings. The van der Waals surface area contributed by atoms with E-state index >= 15 is 0 Å². The lowest BCUT2D eigenvalue weighted by Gasteiger charge is -2.07. The summed E-state index contributed by atoms with van der Waals surface area (Å²) in [7, 11) is 0. The summed E-state index contributed by atoms with van der Waals surface area (Å²) in [4.78, 5) is 22.6. The lowest BCUT2D eigenvalue weighted by molar-refractivity contribution is -0.384. The van der Waals surface area contributed by atoms with Crippen molar-refractivity contribution in [2.24, 2.45) is 5.10 Å². The fourth-order valence-electron chi connectivity index (χ4n) is 2.62. The predicted octanol–water partition coefficient (Wildman–Crippen LogP) is 3.54. The number of benzene rings is 2. The fraction of sp³-hybridized carbons (Fsp3) is 0.150. The highest BCUT2D eigenvalue weighted by atomic mass is 16.6. The van der Waals surface area contributed by atoms with Gasteiger partial charge in [0.15, 0.2) is 0 Å². The van der Waals surface area contributed by atoms with Crippen molar-refractivity contribution < 1.29 is 14.5 Å². The van der Waals surface area contributed by atoms with Crippen molar-refractivity contribution in [3.8, 4) is 17.0 Å². The summed E-state index contributed by atoms with van der Waals surface area (Å²) in [6.45, 7) is 4.11. The number of H-pyrrole nitrogens is 1. The number of rotatable bonds is 7. The second-order valence-electron chi connectivity index (χ2n) is 6.04. The summed E-state index contributed by atoms with van der Waals surface area (Å²) >= 11 is 0. The number of non-ortho nitro benzene ring substituents is 1. The van der Waals surface area contributed by atoms with Crippen LogP contribution < -0.4 is 10.2 Å². The minimum atomic E-state index is -0.475. The first-order chi connectivity index (χ1) is 14.0. The van der Waals surface area contributed by atoms with Crippen LogP contribution >= 0.6 is 0 Å². The van der Waals surface area contributed by atoms with Crippen LogP contribution in [0, 0.1) is 10.1 Å². The molecule has 0 bridgehead atoms. The van der Waals surface area contributed by atoms with E-state index in [2.05, 4.69) is 20.7 Å². The van der Waals surface area contributed by atoms with E-state index in [1.807, 2.05) is 31.2 Å². The van der Waals surface area contributed by atoms with E-state index in [4.69, 9.17) is 4.74 Å². The molecule has 2 aromatic carbocycles. The van der Waals surface area contributed by atoms with Gasteiger partial charge in [-0.05, 0) is 49.7 Å². The van der Waals surface area contributed by atoms with Gasteiger partial charge in [-0.3, -0.25) is 20.0 Å². The minimum Gasteiger partial charge on any atom is -0.493 e. The zero-order valence-electron chi connectivity index (χ0n) is 15.9. The first-order valence-electron chi connectivity index (χ1n) is 8.86. The first kappa shape index (κ1) is 19.7. The molecule has 0 aliphatic heterocycles. The van der Waals surface area contributed by atoms with Crippen LogP contribution in [0.4, 0.5) is 5.69 Å². The molecule has 9 heteroatoms. The van der Waals surface area contributed by atoms with Crippen molar-refractivity contribution >= 4 is 17.3 Å².